The Morgan fingerprint density at radius 2 is 1.79 bits per heavy atom. The normalized spacial score (nSPS) is 20.7. The highest BCUT2D eigenvalue weighted by molar-refractivity contribution is 5.82. The van der Waals surface area contributed by atoms with Crippen molar-refractivity contribution in [2.45, 2.75) is 25.7 Å². The van der Waals surface area contributed by atoms with E-state index in [4.69, 9.17) is 9.15 Å². The third-order valence-electron chi connectivity index (χ3n) is 4.47. The molecule has 1 heterocycles. The van der Waals surface area contributed by atoms with Gasteiger partial charge in [-0.1, -0.05) is 12.1 Å². The van der Waals surface area contributed by atoms with E-state index < -0.39 is 10.7 Å². The molecule has 0 aliphatic heterocycles. The van der Waals surface area contributed by atoms with Gasteiger partial charge in [0, 0.05) is 0 Å². The van der Waals surface area contributed by atoms with Crippen molar-refractivity contribution in [1.82, 2.24) is 0 Å². The topological polar surface area (TPSA) is 91.8 Å². The van der Waals surface area contributed by atoms with Gasteiger partial charge in [0.1, 0.15) is 11.3 Å². The van der Waals surface area contributed by atoms with Crippen LogP contribution in [0.2, 0.25) is 0 Å². The van der Waals surface area contributed by atoms with E-state index in [0.29, 0.717) is 23.9 Å². The van der Waals surface area contributed by atoms with E-state index in [9.17, 15) is 14.9 Å². The van der Waals surface area contributed by atoms with Crippen LogP contribution < -0.4 is 10.4 Å². The largest absolute Gasteiger partial charge is 0.492 e. The molecule has 3 rings (SSSR count). The van der Waals surface area contributed by atoms with Crippen LogP contribution in [0, 0.1) is 22.0 Å². The molecule has 0 atom stereocenters. The molecule has 1 aromatic heterocycles. The summed E-state index contributed by atoms with van der Waals surface area (Å²) in [6, 6.07) is 8.65. The van der Waals surface area contributed by atoms with Gasteiger partial charge in [-0.15, -0.1) is 10.1 Å². The number of fused-ring (bicyclic) bond motifs is 1. The zero-order chi connectivity index (χ0) is 16.9. The lowest BCUT2D eigenvalue weighted by atomic mass is 9.83. The van der Waals surface area contributed by atoms with Crippen LogP contribution >= 0.6 is 0 Å². The maximum Gasteiger partial charge on any atom is 0.339 e. The molecule has 128 valence electrons. The van der Waals surface area contributed by atoms with Gasteiger partial charge in [-0.3, -0.25) is 0 Å². The van der Waals surface area contributed by atoms with Crippen LogP contribution in [0.15, 0.2) is 39.5 Å². The molecule has 2 aromatic rings. The van der Waals surface area contributed by atoms with Crippen LogP contribution in [0.4, 0.5) is 0 Å². The van der Waals surface area contributed by atoms with Crippen molar-refractivity contribution in [3.63, 3.8) is 0 Å². The lowest BCUT2D eigenvalue weighted by Gasteiger charge is -2.27. The Hall–Kier alpha value is -2.57. The highest BCUT2D eigenvalue weighted by Crippen LogP contribution is 2.30. The van der Waals surface area contributed by atoms with Crippen molar-refractivity contribution in [2.75, 3.05) is 13.2 Å². The number of nitrogens with zero attached hydrogens (tertiary/aromatic N) is 1. The van der Waals surface area contributed by atoms with Crippen molar-refractivity contribution in [1.29, 1.82) is 0 Å². The van der Waals surface area contributed by atoms with Crippen molar-refractivity contribution in [3.8, 4) is 5.75 Å². The Bertz CT molecular complexity index is 763. The Morgan fingerprint density at radius 3 is 2.50 bits per heavy atom. The standard InChI is InChI=1S/C17H19NO6/c19-17-9-16(14-3-1-2-4-15(14)24-17)22-10-12-5-7-13(8-6-12)11-23-18(20)21/h1-4,9,12-13H,5-8,10-11H2/t12-,13-. The van der Waals surface area contributed by atoms with Crippen molar-refractivity contribution in [3.05, 3.63) is 50.9 Å². The van der Waals surface area contributed by atoms with E-state index in [2.05, 4.69) is 4.84 Å². The predicted octanol–water partition coefficient (Wildman–Crippen LogP) is 3.19. The number of rotatable bonds is 6. The molecule has 1 fully saturated rings. The summed E-state index contributed by atoms with van der Waals surface area (Å²) in [6.07, 6.45) is 3.65. The summed E-state index contributed by atoms with van der Waals surface area (Å²) in [4.78, 5) is 26.3. The predicted molar refractivity (Wildman–Crippen MR) is 86.4 cm³/mol. The fourth-order valence-corrected chi connectivity index (χ4v) is 3.14. The molecule has 0 saturated heterocycles. The third-order valence-corrected chi connectivity index (χ3v) is 4.47. The Labute approximate surface area is 138 Å². The van der Waals surface area contributed by atoms with Crippen LogP contribution in [-0.4, -0.2) is 18.3 Å². The van der Waals surface area contributed by atoms with E-state index in [1.807, 2.05) is 18.2 Å². The van der Waals surface area contributed by atoms with Gasteiger partial charge in [-0.05, 0) is 49.7 Å². The first-order valence-electron chi connectivity index (χ1n) is 8.05. The fourth-order valence-electron chi connectivity index (χ4n) is 3.14. The van der Waals surface area contributed by atoms with E-state index in [1.165, 1.54) is 6.07 Å². The molecule has 1 aliphatic rings. The summed E-state index contributed by atoms with van der Waals surface area (Å²) in [7, 11) is 0. The Morgan fingerprint density at radius 1 is 1.12 bits per heavy atom. The molecule has 7 heteroatoms. The minimum Gasteiger partial charge on any atom is -0.492 e. The second-order valence-corrected chi connectivity index (χ2v) is 6.14. The molecule has 0 spiro atoms. The molecule has 0 N–H and O–H groups in total. The smallest absolute Gasteiger partial charge is 0.339 e. The number of para-hydroxylation sites is 1. The highest BCUT2D eigenvalue weighted by atomic mass is 16.9. The number of ether oxygens (including phenoxy) is 1. The second kappa shape index (κ2) is 7.33. The van der Waals surface area contributed by atoms with Crippen molar-refractivity contribution < 1.29 is 19.1 Å². The molecule has 0 amide bonds. The van der Waals surface area contributed by atoms with Crippen molar-refractivity contribution in [2.24, 2.45) is 11.8 Å². The van der Waals surface area contributed by atoms with E-state index in [0.717, 1.165) is 31.1 Å². The molecule has 1 aromatic carbocycles. The molecule has 1 aliphatic carbocycles. The quantitative estimate of drug-likeness (QED) is 0.458. The van der Waals surface area contributed by atoms with Gasteiger partial charge < -0.3 is 14.0 Å². The van der Waals surface area contributed by atoms with Gasteiger partial charge in [0.05, 0.1) is 24.7 Å². The first-order chi connectivity index (χ1) is 11.6. The SMILES string of the molecule is O=c1cc(OC[C@H]2CC[C@H](CO[N+](=O)[O-])CC2)c2ccccc2o1. The summed E-state index contributed by atoms with van der Waals surface area (Å²) in [5.41, 5.74) is 0.0879. The van der Waals surface area contributed by atoms with Crippen LogP contribution in [0.1, 0.15) is 25.7 Å². The monoisotopic (exact) mass is 333 g/mol. The zero-order valence-electron chi connectivity index (χ0n) is 13.2. The lowest BCUT2D eigenvalue weighted by molar-refractivity contribution is -0.759. The van der Waals surface area contributed by atoms with Gasteiger partial charge in [0.25, 0.3) is 5.09 Å². The maximum atomic E-state index is 11.6. The van der Waals surface area contributed by atoms with Crippen molar-refractivity contribution >= 4 is 11.0 Å². The van der Waals surface area contributed by atoms with E-state index in [1.54, 1.807) is 6.07 Å². The third kappa shape index (κ3) is 4.04. The highest BCUT2D eigenvalue weighted by Gasteiger charge is 2.23. The van der Waals surface area contributed by atoms with Gasteiger partial charge in [-0.2, -0.15) is 0 Å². The van der Waals surface area contributed by atoms with Gasteiger partial charge in [0.2, 0.25) is 0 Å². The summed E-state index contributed by atoms with van der Waals surface area (Å²) in [6.45, 7) is 0.696. The first-order valence-corrected chi connectivity index (χ1v) is 8.05. The van der Waals surface area contributed by atoms with E-state index >= 15 is 0 Å². The van der Waals surface area contributed by atoms with E-state index in [-0.39, 0.29) is 12.5 Å². The first kappa shape index (κ1) is 16.3. The minimum atomic E-state index is -0.735. The maximum absolute atomic E-state index is 11.6. The average Bonchev–Trinajstić information content (AvgIpc) is 2.58. The second-order valence-electron chi connectivity index (χ2n) is 6.14. The molecule has 24 heavy (non-hydrogen) atoms. The number of hydrogen-bond acceptors (Lipinski definition) is 6. The van der Waals surface area contributed by atoms with Crippen LogP contribution in [0.25, 0.3) is 11.0 Å². The average molecular weight is 333 g/mol. The fraction of sp³-hybridized carbons (Fsp3) is 0.471. The Balaban J connectivity index is 1.56. The van der Waals surface area contributed by atoms with Gasteiger partial charge in [-0.25, -0.2) is 4.79 Å². The lowest BCUT2D eigenvalue weighted by Crippen LogP contribution is -2.23. The summed E-state index contributed by atoms with van der Waals surface area (Å²) in [5.74, 6) is 1.15. The number of hydrogen-bond donors (Lipinski definition) is 0. The van der Waals surface area contributed by atoms with Crippen LogP contribution in [-0.2, 0) is 4.84 Å². The summed E-state index contributed by atoms with van der Waals surface area (Å²) in [5, 5.41) is 10.3. The van der Waals surface area contributed by atoms with Gasteiger partial charge in [0.15, 0.2) is 0 Å². The summed E-state index contributed by atoms with van der Waals surface area (Å²) < 4.78 is 11.0. The summed E-state index contributed by atoms with van der Waals surface area (Å²) >= 11 is 0. The molecule has 0 bridgehead atoms. The minimum absolute atomic E-state index is 0.172. The Kier molecular flexibility index (Phi) is 4.98. The molecule has 0 radical (unpaired) electrons. The van der Waals surface area contributed by atoms with Crippen LogP contribution in [0.3, 0.4) is 0 Å². The molecular weight excluding hydrogens is 314 g/mol. The number of benzene rings is 1. The molecule has 7 nitrogen and oxygen atoms in total. The van der Waals surface area contributed by atoms with Gasteiger partial charge >= 0.3 is 5.63 Å². The van der Waals surface area contributed by atoms with Crippen LogP contribution in [0.5, 0.6) is 5.75 Å². The molecule has 0 unspecified atom stereocenters. The molecule has 1 saturated carbocycles. The molecular formula is C17H19NO6. The zero-order valence-corrected chi connectivity index (χ0v) is 13.2.